The van der Waals surface area contributed by atoms with Crippen LogP contribution in [-0.4, -0.2) is 30.3 Å². The van der Waals surface area contributed by atoms with Gasteiger partial charge in [0.05, 0.1) is 6.54 Å². The predicted molar refractivity (Wildman–Crippen MR) is 116 cm³/mol. The molecule has 0 heterocycles. The number of amides is 2. The number of nitrogens with zero attached hydrogens (tertiary/aromatic N) is 1. The van der Waals surface area contributed by atoms with Crippen LogP contribution in [0.5, 0.6) is 0 Å². The lowest BCUT2D eigenvalue weighted by Gasteiger charge is -2.17. The Morgan fingerprint density at radius 1 is 0.929 bits per heavy atom. The van der Waals surface area contributed by atoms with E-state index in [9.17, 15) is 9.59 Å². The largest absolute Gasteiger partial charge is 0.332 e. The topological polar surface area (TPSA) is 49.4 Å². The number of hydrogen-bond donors (Lipinski definition) is 1. The van der Waals surface area contributed by atoms with Gasteiger partial charge >= 0.3 is 0 Å². The molecule has 28 heavy (non-hydrogen) atoms. The molecule has 142 valence electrons. The number of carbonyl (C=O) groups excluding carboxylic acids is 2. The Bertz CT molecular complexity index is 985. The molecule has 0 saturated carbocycles. The molecule has 0 aromatic heterocycles. The molecular weight excluding hydrogens is 416 g/mol. The Hall–Kier alpha value is -2.92. The van der Waals surface area contributed by atoms with E-state index in [1.165, 1.54) is 4.90 Å². The van der Waals surface area contributed by atoms with Gasteiger partial charge in [-0.05, 0) is 53.9 Å². The molecule has 3 aromatic rings. The van der Waals surface area contributed by atoms with Gasteiger partial charge in [0, 0.05) is 22.8 Å². The van der Waals surface area contributed by atoms with Crippen molar-refractivity contribution < 1.29 is 9.59 Å². The number of likely N-dealkylation sites (N-methyl/N-ethyl adjacent to an activating group) is 1. The minimum absolute atomic E-state index is 0.0191. The second kappa shape index (κ2) is 8.85. The summed E-state index contributed by atoms with van der Waals surface area (Å²) in [4.78, 5) is 26.4. The molecule has 0 atom stereocenters. The highest BCUT2D eigenvalue weighted by molar-refractivity contribution is 9.10. The Labute approximate surface area is 173 Å². The molecule has 5 heteroatoms. The normalized spacial score (nSPS) is 10.4. The summed E-state index contributed by atoms with van der Waals surface area (Å²) in [7, 11) is 1.63. The number of benzene rings is 3. The zero-order chi connectivity index (χ0) is 20.1. The van der Waals surface area contributed by atoms with E-state index in [2.05, 4.69) is 21.2 Å². The van der Waals surface area contributed by atoms with Crippen molar-refractivity contribution in [2.24, 2.45) is 0 Å². The van der Waals surface area contributed by atoms with Crippen LogP contribution < -0.4 is 5.32 Å². The van der Waals surface area contributed by atoms with E-state index in [1.54, 1.807) is 19.2 Å². The first-order chi connectivity index (χ1) is 13.4. The SMILES string of the molecule is Cc1cc(Br)ccc1NC(=O)CN(C)C(=O)c1ccc(-c2ccccc2)cc1. The maximum atomic E-state index is 12.6. The Balaban J connectivity index is 1.63. The number of carbonyl (C=O) groups is 2. The highest BCUT2D eigenvalue weighted by Gasteiger charge is 2.15. The fourth-order valence-corrected chi connectivity index (χ4v) is 3.38. The molecular formula is C23H21BrN2O2. The first-order valence-corrected chi connectivity index (χ1v) is 9.70. The third kappa shape index (κ3) is 4.87. The van der Waals surface area contributed by atoms with Crippen LogP contribution >= 0.6 is 15.9 Å². The quantitative estimate of drug-likeness (QED) is 0.601. The van der Waals surface area contributed by atoms with Gasteiger partial charge in [0.2, 0.25) is 5.91 Å². The minimum Gasteiger partial charge on any atom is -0.332 e. The van der Waals surface area contributed by atoms with Gasteiger partial charge in [0.15, 0.2) is 0 Å². The van der Waals surface area contributed by atoms with Crippen LogP contribution in [0.25, 0.3) is 11.1 Å². The van der Waals surface area contributed by atoms with E-state index in [0.29, 0.717) is 5.56 Å². The molecule has 0 bridgehead atoms. The number of anilines is 1. The Morgan fingerprint density at radius 3 is 2.21 bits per heavy atom. The highest BCUT2D eigenvalue weighted by atomic mass is 79.9. The number of rotatable bonds is 5. The third-order valence-electron chi connectivity index (χ3n) is 4.43. The van der Waals surface area contributed by atoms with Crippen molar-refractivity contribution in [3.63, 3.8) is 0 Å². The van der Waals surface area contributed by atoms with Crippen molar-refractivity contribution in [2.45, 2.75) is 6.92 Å². The van der Waals surface area contributed by atoms with Crippen LogP contribution in [0.2, 0.25) is 0 Å². The maximum Gasteiger partial charge on any atom is 0.254 e. The lowest BCUT2D eigenvalue weighted by molar-refractivity contribution is -0.116. The molecule has 0 saturated heterocycles. The van der Waals surface area contributed by atoms with Crippen LogP contribution in [-0.2, 0) is 4.79 Å². The van der Waals surface area contributed by atoms with Crippen molar-refractivity contribution in [2.75, 3.05) is 18.9 Å². The van der Waals surface area contributed by atoms with E-state index in [0.717, 1.165) is 26.9 Å². The van der Waals surface area contributed by atoms with E-state index < -0.39 is 0 Å². The standard InChI is InChI=1S/C23H21BrN2O2/c1-16-14-20(24)12-13-21(16)25-22(27)15-26(2)23(28)19-10-8-18(9-11-19)17-6-4-3-5-7-17/h3-14H,15H2,1-2H3,(H,25,27). The van der Waals surface area contributed by atoms with Gasteiger partial charge in [-0.25, -0.2) is 0 Å². The van der Waals surface area contributed by atoms with Crippen molar-refractivity contribution in [1.82, 2.24) is 4.90 Å². The van der Waals surface area contributed by atoms with E-state index >= 15 is 0 Å². The highest BCUT2D eigenvalue weighted by Crippen LogP contribution is 2.21. The molecule has 4 nitrogen and oxygen atoms in total. The lowest BCUT2D eigenvalue weighted by Crippen LogP contribution is -2.35. The van der Waals surface area contributed by atoms with Gasteiger partial charge in [-0.2, -0.15) is 0 Å². The second-order valence-electron chi connectivity index (χ2n) is 6.61. The summed E-state index contributed by atoms with van der Waals surface area (Å²) in [6.45, 7) is 1.90. The average Bonchev–Trinajstić information content (AvgIpc) is 2.70. The first kappa shape index (κ1) is 19.8. The van der Waals surface area contributed by atoms with Crippen molar-refractivity contribution in [3.05, 3.63) is 88.4 Å². The lowest BCUT2D eigenvalue weighted by atomic mass is 10.0. The van der Waals surface area contributed by atoms with Gasteiger partial charge in [-0.1, -0.05) is 58.4 Å². The summed E-state index contributed by atoms with van der Waals surface area (Å²) in [6.07, 6.45) is 0. The van der Waals surface area contributed by atoms with Crippen molar-refractivity contribution in [1.29, 1.82) is 0 Å². The zero-order valence-electron chi connectivity index (χ0n) is 15.8. The molecule has 3 aromatic carbocycles. The van der Waals surface area contributed by atoms with Gasteiger partial charge < -0.3 is 10.2 Å². The second-order valence-corrected chi connectivity index (χ2v) is 7.53. The third-order valence-corrected chi connectivity index (χ3v) is 4.92. The van der Waals surface area contributed by atoms with Crippen molar-refractivity contribution >= 4 is 33.4 Å². The van der Waals surface area contributed by atoms with Crippen molar-refractivity contribution in [3.8, 4) is 11.1 Å². The average molecular weight is 437 g/mol. The van der Waals surface area contributed by atoms with E-state index in [1.807, 2.05) is 67.6 Å². The summed E-state index contributed by atoms with van der Waals surface area (Å²) in [6, 6.07) is 23.0. The Kier molecular flexibility index (Phi) is 6.26. The molecule has 0 aliphatic rings. The molecule has 1 N–H and O–H groups in total. The molecule has 0 radical (unpaired) electrons. The summed E-state index contributed by atoms with van der Waals surface area (Å²) < 4.78 is 0.953. The van der Waals surface area contributed by atoms with Gasteiger partial charge in [-0.3, -0.25) is 9.59 Å². The summed E-state index contributed by atoms with van der Waals surface area (Å²) >= 11 is 3.40. The molecule has 0 spiro atoms. The Morgan fingerprint density at radius 2 is 1.57 bits per heavy atom. The van der Waals surface area contributed by atoms with Crippen LogP contribution in [0.4, 0.5) is 5.69 Å². The molecule has 2 amide bonds. The smallest absolute Gasteiger partial charge is 0.254 e. The summed E-state index contributed by atoms with van der Waals surface area (Å²) in [5.74, 6) is -0.426. The van der Waals surface area contributed by atoms with Gasteiger partial charge in [0.1, 0.15) is 0 Å². The molecule has 3 rings (SSSR count). The fraction of sp³-hybridized carbons (Fsp3) is 0.130. The summed E-state index contributed by atoms with van der Waals surface area (Å²) in [5.41, 5.74) is 4.38. The number of halogens is 1. The molecule has 0 aliphatic heterocycles. The van der Waals surface area contributed by atoms with E-state index in [-0.39, 0.29) is 18.4 Å². The monoisotopic (exact) mass is 436 g/mol. The van der Waals surface area contributed by atoms with Gasteiger partial charge in [-0.15, -0.1) is 0 Å². The van der Waals surface area contributed by atoms with E-state index in [4.69, 9.17) is 0 Å². The predicted octanol–water partition coefficient (Wildman–Crippen LogP) is 5.14. The maximum absolute atomic E-state index is 12.6. The number of hydrogen-bond acceptors (Lipinski definition) is 2. The zero-order valence-corrected chi connectivity index (χ0v) is 17.4. The molecule has 0 unspecified atom stereocenters. The number of nitrogens with one attached hydrogen (secondary N) is 1. The number of aryl methyl sites for hydroxylation is 1. The van der Waals surface area contributed by atoms with Crippen LogP contribution in [0.15, 0.2) is 77.3 Å². The molecule has 0 fully saturated rings. The first-order valence-electron chi connectivity index (χ1n) is 8.91. The van der Waals surface area contributed by atoms with Gasteiger partial charge in [0.25, 0.3) is 5.91 Å². The van der Waals surface area contributed by atoms with Crippen LogP contribution in [0.1, 0.15) is 15.9 Å². The van der Waals surface area contributed by atoms with Crippen LogP contribution in [0.3, 0.4) is 0 Å². The minimum atomic E-state index is -0.234. The van der Waals surface area contributed by atoms with Crippen LogP contribution in [0, 0.1) is 6.92 Å². The summed E-state index contributed by atoms with van der Waals surface area (Å²) in [5, 5.41) is 2.85. The fourth-order valence-electron chi connectivity index (χ4n) is 2.90. The molecule has 0 aliphatic carbocycles.